The van der Waals surface area contributed by atoms with Crippen molar-refractivity contribution in [1.82, 2.24) is 10.2 Å². The summed E-state index contributed by atoms with van der Waals surface area (Å²) in [7, 11) is 3.83. The molecule has 1 amide bonds. The molecule has 0 aromatic heterocycles. The Balaban J connectivity index is 2.50. The zero-order valence-corrected chi connectivity index (χ0v) is 15.0. The van der Waals surface area contributed by atoms with E-state index in [1.807, 2.05) is 32.8 Å². The van der Waals surface area contributed by atoms with Crippen molar-refractivity contribution in [2.24, 2.45) is 0 Å². The van der Waals surface area contributed by atoms with Crippen LogP contribution in [-0.2, 0) is 4.79 Å². The molecular formula is C16H24BrN3O. The number of carbonyl (C=O) groups is 1. The van der Waals surface area contributed by atoms with Crippen molar-refractivity contribution in [3.8, 4) is 0 Å². The van der Waals surface area contributed by atoms with Gasteiger partial charge in [0.15, 0.2) is 0 Å². The van der Waals surface area contributed by atoms with Crippen LogP contribution in [0.5, 0.6) is 0 Å². The average molecular weight is 354 g/mol. The molecule has 0 saturated carbocycles. The maximum atomic E-state index is 12.5. The van der Waals surface area contributed by atoms with E-state index in [1.165, 1.54) is 5.56 Å². The summed E-state index contributed by atoms with van der Waals surface area (Å²) in [6.07, 6.45) is 0. The highest BCUT2D eigenvalue weighted by Gasteiger charge is 2.41. The fourth-order valence-electron chi connectivity index (χ4n) is 2.91. The van der Waals surface area contributed by atoms with E-state index in [1.54, 1.807) is 0 Å². The number of likely N-dealkylation sites (N-methyl/N-ethyl adjacent to an activating group) is 1. The van der Waals surface area contributed by atoms with Crippen LogP contribution in [0.2, 0.25) is 0 Å². The number of hydrogen-bond donors (Lipinski definition) is 1. The van der Waals surface area contributed by atoms with Crippen molar-refractivity contribution in [2.45, 2.75) is 32.4 Å². The van der Waals surface area contributed by atoms with Gasteiger partial charge < -0.3 is 15.1 Å². The molecule has 1 unspecified atom stereocenters. The summed E-state index contributed by atoms with van der Waals surface area (Å²) in [5, 5.41) is 3.29. The summed E-state index contributed by atoms with van der Waals surface area (Å²) < 4.78 is 1.03. The summed E-state index contributed by atoms with van der Waals surface area (Å²) in [5.74, 6) is 0.164. The standard InChI is InChI=1S/C16H24BrN3O/c1-11(18-4)13-7-6-12(17)10-14(13)20-9-8-19(5)15(21)16(20,2)3/h6-7,10-11,18H,8-9H2,1-5H3. The van der Waals surface area contributed by atoms with Crippen LogP contribution in [0.15, 0.2) is 22.7 Å². The van der Waals surface area contributed by atoms with Gasteiger partial charge in [0.1, 0.15) is 5.54 Å². The topological polar surface area (TPSA) is 35.6 Å². The van der Waals surface area contributed by atoms with E-state index in [-0.39, 0.29) is 11.9 Å². The number of nitrogens with one attached hydrogen (secondary N) is 1. The highest BCUT2D eigenvalue weighted by Crippen LogP contribution is 2.35. The molecule has 21 heavy (non-hydrogen) atoms. The second-order valence-corrected chi connectivity index (χ2v) is 7.07. The number of carbonyl (C=O) groups excluding carboxylic acids is 1. The third-order valence-electron chi connectivity index (χ3n) is 4.39. The Bertz CT molecular complexity index is 544. The van der Waals surface area contributed by atoms with Gasteiger partial charge in [0, 0.05) is 36.3 Å². The van der Waals surface area contributed by atoms with Crippen LogP contribution in [0.3, 0.4) is 0 Å². The van der Waals surface area contributed by atoms with E-state index in [2.05, 4.69) is 51.3 Å². The van der Waals surface area contributed by atoms with Crippen LogP contribution in [0.1, 0.15) is 32.4 Å². The van der Waals surface area contributed by atoms with Crippen LogP contribution in [0.25, 0.3) is 0 Å². The van der Waals surface area contributed by atoms with E-state index in [0.717, 1.165) is 23.2 Å². The maximum absolute atomic E-state index is 12.5. The van der Waals surface area contributed by atoms with Gasteiger partial charge in [-0.3, -0.25) is 4.79 Å². The molecular weight excluding hydrogens is 330 g/mol. The van der Waals surface area contributed by atoms with Crippen molar-refractivity contribution in [3.05, 3.63) is 28.2 Å². The minimum atomic E-state index is -0.532. The molecule has 1 saturated heterocycles. The number of anilines is 1. The minimum Gasteiger partial charge on any atom is -0.355 e. The predicted octanol–water partition coefficient (Wildman–Crippen LogP) is 2.79. The summed E-state index contributed by atoms with van der Waals surface area (Å²) in [6, 6.07) is 6.53. The quantitative estimate of drug-likeness (QED) is 0.907. The molecule has 116 valence electrons. The van der Waals surface area contributed by atoms with E-state index < -0.39 is 5.54 Å². The van der Waals surface area contributed by atoms with Crippen molar-refractivity contribution < 1.29 is 4.79 Å². The molecule has 1 aliphatic rings. The van der Waals surface area contributed by atoms with Gasteiger partial charge in [-0.2, -0.15) is 0 Å². The molecule has 0 spiro atoms. The largest absolute Gasteiger partial charge is 0.355 e. The van der Waals surface area contributed by atoms with Gasteiger partial charge in [-0.05, 0) is 45.5 Å². The third kappa shape index (κ3) is 2.94. The van der Waals surface area contributed by atoms with Gasteiger partial charge in [-0.15, -0.1) is 0 Å². The normalized spacial score (nSPS) is 19.8. The summed E-state index contributed by atoms with van der Waals surface area (Å²) in [6.45, 7) is 7.73. The monoisotopic (exact) mass is 353 g/mol. The van der Waals surface area contributed by atoms with Gasteiger partial charge in [-0.1, -0.05) is 22.0 Å². The number of piperazine rings is 1. The van der Waals surface area contributed by atoms with Crippen LogP contribution in [0.4, 0.5) is 5.69 Å². The third-order valence-corrected chi connectivity index (χ3v) is 4.88. The number of rotatable bonds is 3. The smallest absolute Gasteiger partial charge is 0.247 e. The molecule has 1 N–H and O–H groups in total. The molecule has 1 atom stereocenters. The maximum Gasteiger partial charge on any atom is 0.247 e. The number of nitrogens with zero attached hydrogens (tertiary/aromatic N) is 2. The lowest BCUT2D eigenvalue weighted by atomic mass is 9.94. The fourth-order valence-corrected chi connectivity index (χ4v) is 3.26. The lowest BCUT2D eigenvalue weighted by Crippen LogP contribution is -2.62. The molecule has 1 aromatic carbocycles. The predicted molar refractivity (Wildman–Crippen MR) is 90.7 cm³/mol. The molecule has 5 heteroatoms. The summed E-state index contributed by atoms with van der Waals surface area (Å²) in [5.41, 5.74) is 1.81. The SMILES string of the molecule is CNC(C)c1ccc(Br)cc1N1CCN(C)C(=O)C1(C)C. The van der Waals surface area contributed by atoms with Crippen LogP contribution >= 0.6 is 15.9 Å². The van der Waals surface area contributed by atoms with E-state index >= 15 is 0 Å². The molecule has 1 aliphatic heterocycles. The molecule has 1 aromatic rings. The Hall–Kier alpha value is -1.07. The molecule has 0 radical (unpaired) electrons. The van der Waals surface area contributed by atoms with Gasteiger partial charge >= 0.3 is 0 Å². The second kappa shape index (κ2) is 5.97. The summed E-state index contributed by atoms with van der Waals surface area (Å²) >= 11 is 3.56. The molecule has 1 fully saturated rings. The first kappa shape index (κ1) is 16.3. The Morgan fingerprint density at radius 3 is 2.62 bits per heavy atom. The van der Waals surface area contributed by atoms with E-state index in [9.17, 15) is 4.79 Å². The zero-order valence-electron chi connectivity index (χ0n) is 13.4. The van der Waals surface area contributed by atoms with Crippen LogP contribution in [0, 0.1) is 0 Å². The minimum absolute atomic E-state index is 0.164. The summed E-state index contributed by atoms with van der Waals surface area (Å²) in [4.78, 5) is 16.6. The van der Waals surface area contributed by atoms with Crippen LogP contribution < -0.4 is 10.2 Å². The molecule has 0 aliphatic carbocycles. The molecule has 4 nitrogen and oxygen atoms in total. The number of hydrogen-bond acceptors (Lipinski definition) is 3. The highest BCUT2D eigenvalue weighted by molar-refractivity contribution is 9.10. The van der Waals surface area contributed by atoms with Gasteiger partial charge in [-0.25, -0.2) is 0 Å². The lowest BCUT2D eigenvalue weighted by molar-refractivity contribution is -0.136. The van der Waals surface area contributed by atoms with Crippen molar-refractivity contribution >= 4 is 27.5 Å². The first-order valence-corrected chi connectivity index (χ1v) is 8.08. The molecule has 0 bridgehead atoms. The number of halogens is 1. The lowest BCUT2D eigenvalue weighted by Gasteiger charge is -2.47. The molecule has 2 rings (SSSR count). The number of benzene rings is 1. The Morgan fingerprint density at radius 2 is 2.00 bits per heavy atom. The Morgan fingerprint density at radius 1 is 1.33 bits per heavy atom. The second-order valence-electron chi connectivity index (χ2n) is 6.15. The first-order chi connectivity index (χ1) is 9.78. The van der Waals surface area contributed by atoms with Gasteiger partial charge in [0.2, 0.25) is 5.91 Å². The fraction of sp³-hybridized carbons (Fsp3) is 0.562. The Labute approximate surface area is 135 Å². The Kier molecular flexibility index (Phi) is 4.63. The van der Waals surface area contributed by atoms with E-state index in [4.69, 9.17) is 0 Å². The molecule has 1 heterocycles. The van der Waals surface area contributed by atoms with Gasteiger partial charge in [0.05, 0.1) is 0 Å². The first-order valence-electron chi connectivity index (χ1n) is 7.29. The van der Waals surface area contributed by atoms with Crippen molar-refractivity contribution in [3.63, 3.8) is 0 Å². The van der Waals surface area contributed by atoms with Gasteiger partial charge in [0.25, 0.3) is 0 Å². The number of amides is 1. The zero-order chi connectivity index (χ0) is 15.8. The van der Waals surface area contributed by atoms with E-state index in [0.29, 0.717) is 0 Å². The highest BCUT2D eigenvalue weighted by atomic mass is 79.9. The van der Waals surface area contributed by atoms with Crippen LogP contribution in [-0.4, -0.2) is 43.5 Å². The average Bonchev–Trinajstić information content (AvgIpc) is 2.44. The van der Waals surface area contributed by atoms with Crippen molar-refractivity contribution in [1.29, 1.82) is 0 Å². The van der Waals surface area contributed by atoms with Crippen molar-refractivity contribution in [2.75, 3.05) is 32.1 Å².